The molecule has 164 valence electrons. The first-order valence-electron chi connectivity index (χ1n) is 10.3. The van der Waals surface area contributed by atoms with Crippen molar-refractivity contribution in [2.45, 2.75) is 26.8 Å². The number of carboxylic acid groups (broad SMARTS) is 1. The molecule has 1 saturated heterocycles. The highest BCUT2D eigenvalue weighted by molar-refractivity contribution is 5.71. The maximum atomic E-state index is 15.0. The Morgan fingerprint density at radius 3 is 2.77 bits per heavy atom. The van der Waals surface area contributed by atoms with Gasteiger partial charge in [0.1, 0.15) is 17.2 Å². The van der Waals surface area contributed by atoms with E-state index in [4.69, 9.17) is 4.74 Å². The molecular formula is C22H26FN5O3. The van der Waals surface area contributed by atoms with E-state index in [-0.39, 0.29) is 6.04 Å². The van der Waals surface area contributed by atoms with Crippen molar-refractivity contribution < 1.29 is 19.0 Å². The lowest BCUT2D eigenvalue weighted by molar-refractivity contribution is 0.122. The molecule has 1 aliphatic rings. The van der Waals surface area contributed by atoms with E-state index in [1.165, 1.54) is 11.0 Å². The number of amides is 1. The molecule has 1 aromatic carbocycles. The highest BCUT2D eigenvalue weighted by atomic mass is 19.1. The molecule has 3 heterocycles. The Morgan fingerprint density at radius 1 is 1.29 bits per heavy atom. The number of rotatable bonds is 5. The monoisotopic (exact) mass is 427 g/mol. The van der Waals surface area contributed by atoms with Crippen LogP contribution >= 0.6 is 0 Å². The van der Waals surface area contributed by atoms with E-state index >= 15 is 0 Å². The number of nitrogens with one attached hydrogen (secondary N) is 1. The number of anilines is 3. The number of nitrogens with zero attached hydrogens (tertiary/aromatic N) is 4. The van der Waals surface area contributed by atoms with Crippen LogP contribution in [0.3, 0.4) is 0 Å². The number of pyridine rings is 1. The number of halogens is 1. The van der Waals surface area contributed by atoms with E-state index in [1.54, 1.807) is 6.07 Å². The molecule has 1 fully saturated rings. The van der Waals surface area contributed by atoms with Gasteiger partial charge in [0.15, 0.2) is 0 Å². The van der Waals surface area contributed by atoms with Crippen LogP contribution in [0.4, 0.5) is 26.2 Å². The SMILES string of the molecule is CCOc1cc2nc(C)cn2cc1Nc1ccc(N2CCN(C(=O)O)[C@@H](C)C2)cc1F. The molecule has 0 radical (unpaired) electrons. The van der Waals surface area contributed by atoms with Gasteiger partial charge < -0.3 is 29.4 Å². The van der Waals surface area contributed by atoms with Crippen molar-refractivity contribution in [1.82, 2.24) is 14.3 Å². The van der Waals surface area contributed by atoms with Gasteiger partial charge in [-0.15, -0.1) is 0 Å². The predicted octanol–water partition coefficient (Wildman–Crippen LogP) is 4.11. The van der Waals surface area contributed by atoms with E-state index in [0.29, 0.717) is 43.4 Å². The Kier molecular flexibility index (Phi) is 5.58. The van der Waals surface area contributed by atoms with Gasteiger partial charge >= 0.3 is 6.09 Å². The summed E-state index contributed by atoms with van der Waals surface area (Å²) in [5.74, 6) is 0.206. The van der Waals surface area contributed by atoms with Crippen molar-refractivity contribution in [2.24, 2.45) is 0 Å². The first kappa shape index (κ1) is 20.8. The molecular weight excluding hydrogens is 401 g/mol. The van der Waals surface area contributed by atoms with Gasteiger partial charge in [-0.1, -0.05) is 0 Å². The third-order valence-corrected chi connectivity index (χ3v) is 5.44. The highest BCUT2D eigenvalue weighted by Gasteiger charge is 2.27. The lowest BCUT2D eigenvalue weighted by Crippen LogP contribution is -2.53. The number of fused-ring (bicyclic) bond motifs is 1. The number of hydrogen-bond acceptors (Lipinski definition) is 5. The van der Waals surface area contributed by atoms with Gasteiger partial charge in [0.05, 0.1) is 23.7 Å². The molecule has 8 nitrogen and oxygen atoms in total. The second-order valence-corrected chi connectivity index (χ2v) is 7.69. The van der Waals surface area contributed by atoms with Gasteiger partial charge in [-0.2, -0.15) is 0 Å². The fourth-order valence-electron chi connectivity index (χ4n) is 3.93. The largest absolute Gasteiger partial charge is 0.491 e. The molecule has 4 rings (SSSR count). The van der Waals surface area contributed by atoms with Crippen LogP contribution in [0, 0.1) is 12.7 Å². The molecule has 2 N–H and O–H groups in total. The zero-order chi connectivity index (χ0) is 22.1. The number of aryl methyl sites for hydroxylation is 1. The van der Waals surface area contributed by atoms with Crippen LogP contribution in [-0.2, 0) is 0 Å². The zero-order valence-electron chi connectivity index (χ0n) is 17.8. The summed E-state index contributed by atoms with van der Waals surface area (Å²) in [5, 5.41) is 12.4. The fourth-order valence-corrected chi connectivity index (χ4v) is 3.93. The number of ether oxygens (including phenoxy) is 1. The summed E-state index contributed by atoms with van der Waals surface area (Å²) in [5.41, 5.74) is 3.34. The van der Waals surface area contributed by atoms with Crippen LogP contribution in [0.15, 0.2) is 36.7 Å². The molecule has 0 aliphatic carbocycles. The molecule has 9 heteroatoms. The Labute approximate surface area is 179 Å². The van der Waals surface area contributed by atoms with Crippen molar-refractivity contribution >= 4 is 28.8 Å². The van der Waals surface area contributed by atoms with E-state index in [1.807, 2.05) is 54.6 Å². The Morgan fingerprint density at radius 2 is 2.10 bits per heavy atom. The minimum absolute atomic E-state index is 0.161. The van der Waals surface area contributed by atoms with Crippen molar-refractivity contribution in [3.8, 4) is 5.75 Å². The maximum absolute atomic E-state index is 15.0. The Balaban J connectivity index is 1.56. The van der Waals surface area contributed by atoms with Gasteiger partial charge in [0, 0.05) is 49.8 Å². The number of benzene rings is 1. The van der Waals surface area contributed by atoms with Crippen LogP contribution in [0.1, 0.15) is 19.5 Å². The summed E-state index contributed by atoms with van der Waals surface area (Å²) in [6.07, 6.45) is 2.81. The summed E-state index contributed by atoms with van der Waals surface area (Å²) in [7, 11) is 0. The fraction of sp³-hybridized carbons (Fsp3) is 0.364. The minimum Gasteiger partial charge on any atom is -0.491 e. The van der Waals surface area contributed by atoms with E-state index in [2.05, 4.69) is 10.3 Å². The third-order valence-electron chi connectivity index (χ3n) is 5.44. The number of aromatic nitrogens is 2. The molecule has 1 amide bonds. The standard InChI is InChI=1S/C22H26FN5O3/c1-4-31-20-10-21-24-14(2)11-27(21)13-19(20)25-18-6-5-16(9-17(18)23)26-7-8-28(22(29)30)15(3)12-26/h5-6,9-11,13,15,25H,4,7-8,12H2,1-3H3,(H,29,30)/t15-/m0/s1. The first-order valence-corrected chi connectivity index (χ1v) is 10.3. The molecule has 0 bridgehead atoms. The number of carbonyl (C=O) groups is 1. The quantitative estimate of drug-likeness (QED) is 0.638. The maximum Gasteiger partial charge on any atom is 0.407 e. The van der Waals surface area contributed by atoms with Gasteiger partial charge in [0.25, 0.3) is 0 Å². The zero-order valence-corrected chi connectivity index (χ0v) is 17.8. The predicted molar refractivity (Wildman–Crippen MR) is 117 cm³/mol. The molecule has 0 saturated carbocycles. The Hall–Kier alpha value is -3.49. The van der Waals surface area contributed by atoms with Crippen LogP contribution in [0.25, 0.3) is 5.65 Å². The average molecular weight is 427 g/mol. The van der Waals surface area contributed by atoms with E-state index in [9.17, 15) is 14.3 Å². The van der Waals surface area contributed by atoms with Crippen molar-refractivity contribution in [1.29, 1.82) is 0 Å². The van der Waals surface area contributed by atoms with E-state index < -0.39 is 11.9 Å². The van der Waals surface area contributed by atoms with E-state index in [0.717, 1.165) is 17.0 Å². The summed E-state index contributed by atoms with van der Waals surface area (Å²) < 4.78 is 22.6. The lowest BCUT2D eigenvalue weighted by Gasteiger charge is -2.39. The highest BCUT2D eigenvalue weighted by Crippen LogP contribution is 2.32. The first-order chi connectivity index (χ1) is 14.9. The normalized spacial score (nSPS) is 16.6. The van der Waals surface area contributed by atoms with Crippen molar-refractivity contribution in [3.63, 3.8) is 0 Å². The summed E-state index contributed by atoms with van der Waals surface area (Å²) >= 11 is 0. The van der Waals surface area contributed by atoms with Crippen LogP contribution in [0.2, 0.25) is 0 Å². The number of piperazine rings is 1. The molecule has 1 atom stereocenters. The Bertz CT molecular complexity index is 1120. The molecule has 0 unspecified atom stereocenters. The van der Waals surface area contributed by atoms with Gasteiger partial charge in [-0.25, -0.2) is 14.2 Å². The number of hydrogen-bond donors (Lipinski definition) is 2. The lowest BCUT2D eigenvalue weighted by atomic mass is 10.1. The second-order valence-electron chi connectivity index (χ2n) is 7.69. The second kappa shape index (κ2) is 8.33. The average Bonchev–Trinajstić information content (AvgIpc) is 3.08. The summed E-state index contributed by atoms with van der Waals surface area (Å²) in [6, 6.07) is 6.68. The van der Waals surface area contributed by atoms with Gasteiger partial charge in [-0.3, -0.25) is 0 Å². The molecule has 1 aliphatic heterocycles. The van der Waals surface area contributed by atoms with Crippen LogP contribution in [-0.4, -0.2) is 57.8 Å². The topological polar surface area (TPSA) is 82.3 Å². The minimum atomic E-state index is -0.923. The van der Waals surface area contributed by atoms with Gasteiger partial charge in [-0.05, 0) is 39.0 Å². The third kappa shape index (κ3) is 4.21. The van der Waals surface area contributed by atoms with Crippen LogP contribution in [0.5, 0.6) is 5.75 Å². The molecule has 2 aromatic heterocycles. The number of imidazole rings is 1. The van der Waals surface area contributed by atoms with Gasteiger partial charge in [0.2, 0.25) is 0 Å². The molecule has 0 spiro atoms. The summed E-state index contributed by atoms with van der Waals surface area (Å²) in [4.78, 5) is 19.1. The molecule has 3 aromatic rings. The van der Waals surface area contributed by atoms with Crippen LogP contribution < -0.4 is 15.0 Å². The summed E-state index contributed by atoms with van der Waals surface area (Å²) in [6.45, 7) is 7.57. The molecule has 31 heavy (non-hydrogen) atoms. The smallest absolute Gasteiger partial charge is 0.407 e. The van der Waals surface area contributed by atoms with Crippen molar-refractivity contribution in [2.75, 3.05) is 36.5 Å². The van der Waals surface area contributed by atoms with Crippen molar-refractivity contribution in [3.05, 3.63) is 48.2 Å².